The van der Waals surface area contributed by atoms with E-state index in [-0.39, 0.29) is 11.4 Å². The van der Waals surface area contributed by atoms with Crippen molar-refractivity contribution in [2.24, 2.45) is 0 Å². The molecule has 184 valence electrons. The van der Waals surface area contributed by atoms with Gasteiger partial charge in [0, 0.05) is 23.8 Å². The summed E-state index contributed by atoms with van der Waals surface area (Å²) in [6, 6.07) is 5.70. The molecule has 3 aromatic heterocycles. The van der Waals surface area contributed by atoms with Gasteiger partial charge in [-0.15, -0.1) is 0 Å². The van der Waals surface area contributed by atoms with Crippen molar-refractivity contribution < 1.29 is 26.3 Å². The Hall–Kier alpha value is -4.39. The van der Waals surface area contributed by atoms with Crippen LogP contribution in [0.15, 0.2) is 53.8 Å². The summed E-state index contributed by atoms with van der Waals surface area (Å²) in [5.74, 6) is -2.87. The quantitative estimate of drug-likeness (QED) is 0.305. The number of sulfonamides is 1. The van der Waals surface area contributed by atoms with Crippen LogP contribution in [0.25, 0.3) is 33.5 Å². The summed E-state index contributed by atoms with van der Waals surface area (Å²) in [6.45, 7) is 1.65. The number of methoxy groups -OCH3 is 1. The van der Waals surface area contributed by atoms with Crippen molar-refractivity contribution in [3.63, 3.8) is 0 Å². The number of anilines is 1. The van der Waals surface area contributed by atoms with E-state index in [0.29, 0.717) is 34.1 Å². The minimum Gasteiger partial charge on any atom is -0.480 e. The van der Waals surface area contributed by atoms with Crippen molar-refractivity contribution in [3.05, 3.63) is 71.9 Å². The van der Waals surface area contributed by atoms with Crippen LogP contribution in [0.1, 0.15) is 5.56 Å². The molecular formula is C23H17F3N6O3S. The first kappa shape index (κ1) is 23.4. The van der Waals surface area contributed by atoms with Crippen LogP contribution >= 0.6 is 0 Å². The predicted octanol–water partition coefficient (Wildman–Crippen LogP) is 4.55. The lowest BCUT2D eigenvalue weighted by Gasteiger charge is -2.15. The first-order chi connectivity index (χ1) is 17.2. The Labute approximate surface area is 202 Å². The standard InChI is InChI=1S/C23H17F3N6O3S/c1-11-13(3-4-14-20(11)30-31-21(14)22-27-7-8-28-22)18-15(25)5-6-16(19(18)26)32-36(33,34)17-9-12(24)10-29-23(17)35-2/h3-10,32H,1-2H3,(H,27,28)(H,30,31). The zero-order chi connectivity index (χ0) is 25.6. The van der Waals surface area contributed by atoms with E-state index in [1.54, 1.807) is 25.4 Å². The number of H-pyrrole nitrogens is 2. The zero-order valence-corrected chi connectivity index (χ0v) is 19.5. The van der Waals surface area contributed by atoms with Crippen LogP contribution in [0.2, 0.25) is 0 Å². The maximum Gasteiger partial charge on any atom is 0.267 e. The molecule has 5 aromatic rings. The van der Waals surface area contributed by atoms with Crippen LogP contribution in [-0.4, -0.2) is 40.7 Å². The fourth-order valence-electron chi connectivity index (χ4n) is 3.90. The molecule has 0 aliphatic heterocycles. The lowest BCUT2D eigenvalue weighted by Crippen LogP contribution is -2.16. The number of hydrogen-bond donors (Lipinski definition) is 3. The van der Waals surface area contributed by atoms with E-state index in [1.165, 1.54) is 6.07 Å². The van der Waals surface area contributed by atoms with Crippen molar-refractivity contribution in [1.82, 2.24) is 25.1 Å². The molecule has 13 heteroatoms. The maximum absolute atomic E-state index is 15.6. The van der Waals surface area contributed by atoms with E-state index in [4.69, 9.17) is 4.74 Å². The number of benzene rings is 2. The summed E-state index contributed by atoms with van der Waals surface area (Å²) in [4.78, 5) is 10.1. The number of aromatic nitrogens is 5. The Morgan fingerprint density at radius 3 is 2.61 bits per heavy atom. The highest BCUT2D eigenvalue weighted by Crippen LogP contribution is 2.37. The number of aryl methyl sites for hydroxylation is 1. The van der Waals surface area contributed by atoms with E-state index in [0.717, 1.165) is 25.4 Å². The molecular weight excluding hydrogens is 497 g/mol. The summed E-state index contributed by atoms with van der Waals surface area (Å²) in [5, 5.41) is 7.79. The Morgan fingerprint density at radius 2 is 1.89 bits per heavy atom. The Balaban J connectivity index is 1.60. The zero-order valence-electron chi connectivity index (χ0n) is 18.7. The number of pyridine rings is 1. The van der Waals surface area contributed by atoms with E-state index in [1.807, 2.05) is 4.72 Å². The second-order valence-corrected chi connectivity index (χ2v) is 9.37. The molecule has 3 heterocycles. The van der Waals surface area contributed by atoms with E-state index >= 15 is 4.39 Å². The molecule has 0 radical (unpaired) electrons. The minimum atomic E-state index is -4.55. The average Bonchev–Trinajstić information content (AvgIpc) is 3.52. The summed E-state index contributed by atoms with van der Waals surface area (Å²) < 4.78 is 76.9. The number of imidazole rings is 1. The van der Waals surface area contributed by atoms with Crippen LogP contribution in [-0.2, 0) is 10.0 Å². The first-order valence-corrected chi connectivity index (χ1v) is 11.9. The Morgan fingerprint density at radius 1 is 1.08 bits per heavy atom. The average molecular weight is 514 g/mol. The van der Waals surface area contributed by atoms with Crippen LogP contribution in [0.5, 0.6) is 5.88 Å². The molecule has 0 saturated carbocycles. The molecule has 0 aliphatic carbocycles. The van der Waals surface area contributed by atoms with Gasteiger partial charge < -0.3 is 9.72 Å². The number of ether oxygens (including phenoxy) is 1. The number of aromatic amines is 2. The molecule has 0 bridgehead atoms. The van der Waals surface area contributed by atoms with Gasteiger partial charge in [-0.2, -0.15) is 5.10 Å². The fourth-order valence-corrected chi connectivity index (χ4v) is 5.09. The number of halogens is 3. The van der Waals surface area contributed by atoms with Crippen LogP contribution in [0, 0.1) is 24.4 Å². The molecule has 0 saturated heterocycles. The molecule has 0 unspecified atom stereocenters. The first-order valence-electron chi connectivity index (χ1n) is 10.4. The summed E-state index contributed by atoms with van der Waals surface area (Å²) in [7, 11) is -3.39. The predicted molar refractivity (Wildman–Crippen MR) is 125 cm³/mol. The van der Waals surface area contributed by atoms with Gasteiger partial charge >= 0.3 is 0 Å². The van der Waals surface area contributed by atoms with E-state index in [9.17, 15) is 17.2 Å². The molecule has 3 N–H and O–H groups in total. The van der Waals surface area contributed by atoms with Crippen LogP contribution in [0.4, 0.5) is 18.9 Å². The number of hydrogen-bond acceptors (Lipinski definition) is 6. The van der Waals surface area contributed by atoms with E-state index in [2.05, 4.69) is 25.1 Å². The molecule has 5 rings (SSSR count). The van der Waals surface area contributed by atoms with Gasteiger partial charge in [-0.05, 0) is 36.2 Å². The second-order valence-electron chi connectivity index (χ2n) is 7.72. The minimum absolute atomic E-state index is 0.179. The number of fused-ring (bicyclic) bond motifs is 1. The van der Waals surface area contributed by atoms with Gasteiger partial charge in [0.1, 0.15) is 17.3 Å². The number of nitrogens with one attached hydrogen (secondary N) is 3. The molecule has 0 fully saturated rings. The smallest absolute Gasteiger partial charge is 0.267 e. The summed E-state index contributed by atoms with van der Waals surface area (Å²) >= 11 is 0. The number of nitrogens with zero attached hydrogens (tertiary/aromatic N) is 3. The van der Waals surface area contributed by atoms with Crippen molar-refractivity contribution in [3.8, 4) is 28.5 Å². The third kappa shape index (κ3) is 3.82. The molecule has 0 amide bonds. The third-order valence-corrected chi connectivity index (χ3v) is 6.95. The van der Waals surface area contributed by atoms with Gasteiger partial charge in [0.05, 0.1) is 30.1 Å². The summed E-state index contributed by atoms with van der Waals surface area (Å²) in [5.41, 5.74) is 0.722. The van der Waals surface area contributed by atoms with E-state index < -0.39 is 43.6 Å². The molecule has 9 nitrogen and oxygen atoms in total. The SMILES string of the molecule is COc1ncc(F)cc1S(=O)(=O)Nc1ccc(F)c(-c2ccc3c(-c4ncc[nH]4)n[nH]c3c2C)c1F. The highest BCUT2D eigenvalue weighted by Gasteiger charge is 2.26. The Bertz CT molecular complexity index is 1720. The summed E-state index contributed by atoms with van der Waals surface area (Å²) in [6.07, 6.45) is 3.99. The third-order valence-electron chi connectivity index (χ3n) is 5.59. The van der Waals surface area contributed by atoms with Gasteiger partial charge in [0.25, 0.3) is 10.0 Å². The highest BCUT2D eigenvalue weighted by atomic mass is 32.2. The monoisotopic (exact) mass is 514 g/mol. The van der Waals surface area contributed by atoms with Gasteiger partial charge in [0.15, 0.2) is 16.5 Å². The molecule has 36 heavy (non-hydrogen) atoms. The van der Waals surface area contributed by atoms with Crippen molar-refractivity contribution in [1.29, 1.82) is 0 Å². The molecule has 0 atom stereocenters. The number of rotatable bonds is 6. The molecule has 0 spiro atoms. The lowest BCUT2D eigenvalue weighted by molar-refractivity contribution is 0.382. The van der Waals surface area contributed by atoms with Gasteiger partial charge in [-0.3, -0.25) is 9.82 Å². The van der Waals surface area contributed by atoms with Crippen molar-refractivity contribution in [2.75, 3.05) is 11.8 Å². The fraction of sp³-hybridized carbons (Fsp3) is 0.0870. The van der Waals surface area contributed by atoms with Gasteiger partial charge in [-0.1, -0.05) is 6.07 Å². The molecule has 0 aliphatic rings. The molecule has 2 aromatic carbocycles. The van der Waals surface area contributed by atoms with Gasteiger partial charge in [-0.25, -0.2) is 31.6 Å². The van der Waals surface area contributed by atoms with Crippen LogP contribution in [0.3, 0.4) is 0 Å². The topological polar surface area (TPSA) is 126 Å². The normalized spacial score (nSPS) is 11.7. The Kier molecular flexibility index (Phi) is 5.63. The highest BCUT2D eigenvalue weighted by molar-refractivity contribution is 7.92. The largest absolute Gasteiger partial charge is 0.480 e. The van der Waals surface area contributed by atoms with Crippen molar-refractivity contribution in [2.45, 2.75) is 11.8 Å². The lowest BCUT2D eigenvalue weighted by atomic mass is 9.96. The van der Waals surface area contributed by atoms with Crippen molar-refractivity contribution >= 4 is 26.6 Å². The maximum atomic E-state index is 15.6. The van der Waals surface area contributed by atoms with Crippen LogP contribution < -0.4 is 9.46 Å². The van der Waals surface area contributed by atoms with Gasteiger partial charge in [0.2, 0.25) is 5.88 Å². The second kappa shape index (κ2) is 8.68.